The van der Waals surface area contributed by atoms with Crippen LogP contribution in [0.2, 0.25) is 0 Å². The predicted molar refractivity (Wildman–Crippen MR) is 133 cm³/mol. The number of H-pyrrole nitrogens is 1. The van der Waals surface area contributed by atoms with Gasteiger partial charge in [0.1, 0.15) is 34.0 Å². The van der Waals surface area contributed by atoms with E-state index in [-0.39, 0.29) is 39.5 Å². The molecular formula is C28H26N2O6. The van der Waals surface area contributed by atoms with Crippen molar-refractivity contribution in [3.05, 3.63) is 75.8 Å². The SMILES string of the molecule is CC(=O)c1c(O)c(C)c(O)c2c1OC1=CC(=O)/C(=C(/C)NCCc3c[nH]c4ccccc34)C(=O)[C@]12C. The molecule has 3 aromatic rings. The van der Waals surface area contributed by atoms with E-state index >= 15 is 0 Å². The van der Waals surface area contributed by atoms with Gasteiger partial charge in [0.2, 0.25) is 0 Å². The summed E-state index contributed by atoms with van der Waals surface area (Å²) in [5.74, 6) is -2.39. The topological polar surface area (TPSA) is 129 Å². The maximum atomic E-state index is 13.8. The van der Waals surface area contributed by atoms with Crippen LogP contribution in [0, 0.1) is 6.92 Å². The molecule has 0 bridgehead atoms. The van der Waals surface area contributed by atoms with Crippen LogP contribution < -0.4 is 10.1 Å². The second-order valence-electron chi connectivity index (χ2n) is 9.42. The first-order valence-corrected chi connectivity index (χ1v) is 11.7. The third-order valence-corrected chi connectivity index (χ3v) is 7.22. The molecule has 0 saturated carbocycles. The average molecular weight is 487 g/mol. The Balaban J connectivity index is 1.51. The molecule has 2 aliphatic rings. The van der Waals surface area contributed by atoms with Crippen LogP contribution in [0.4, 0.5) is 0 Å². The Morgan fingerprint density at radius 1 is 1.14 bits per heavy atom. The fourth-order valence-electron chi connectivity index (χ4n) is 5.17. The summed E-state index contributed by atoms with van der Waals surface area (Å²) in [7, 11) is 0. The summed E-state index contributed by atoms with van der Waals surface area (Å²) in [6, 6.07) is 7.97. The van der Waals surface area contributed by atoms with Gasteiger partial charge in [0.25, 0.3) is 0 Å². The normalized spacial score (nSPS) is 20.1. The van der Waals surface area contributed by atoms with E-state index < -0.39 is 28.5 Å². The minimum atomic E-state index is -1.52. The fourth-order valence-corrected chi connectivity index (χ4v) is 5.17. The molecule has 5 rings (SSSR count). The lowest BCUT2D eigenvalue weighted by molar-refractivity contribution is -0.123. The lowest BCUT2D eigenvalue weighted by Crippen LogP contribution is -2.41. The van der Waals surface area contributed by atoms with Gasteiger partial charge in [-0.05, 0) is 45.7 Å². The van der Waals surface area contributed by atoms with Crippen molar-refractivity contribution < 1.29 is 29.3 Å². The maximum absolute atomic E-state index is 13.8. The fraction of sp³-hybridized carbons (Fsp3) is 0.250. The number of hydrogen-bond donors (Lipinski definition) is 4. The Hall–Kier alpha value is -4.33. The number of allylic oxidation sites excluding steroid dienone is 4. The molecule has 4 N–H and O–H groups in total. The van der Waals surface area contributed by atoms with Gasteiger partial charge >= 0.3 is 0 Å². The minimum Gasteiger partial charge on any atom is -0.507 e. The van der Waals surface area contributed by atoms with Crippen molar-refractivity contribution in [1.29, 1.82) is 0 Å². The molecule has 8 heteroatoms. The summed E-state index contributed by atoms with van der Waals surface area (Å²) in [4.78, 5) is 42.4. The number of carbonyl (C=O) groups excluding carboxylic acids is 3. The molecule has 0 unspecified atom stereocenters. The first kappa shape index (κ1) is 23.4. The first-order chi connectivity index (χ1) is 17.1. The van der Waals surface area contributed by atoms with Crippen LogP contribution >= 0.6 is 0 Å². The number of rotatable bonds is 5. The van der Waals surface area contributed by atoms with E-state index in [2.05, 4.69) is 10.3 Å². The van der Waals surface area contributed by atoms with E-state index in [4.69, 9.17) is 4.74 Å². The third kappa shape index (κ3) is 3.17. The third-order valence-electron chi connectivity index (χ3n) is 7.22. The lowest BCUT2D eigenvalue weighted by Gasteiger charge is -2.29. The smallest absolute Gasteiger partial charge is 0.194 e. The van der Waals surface area contributed by atoms with Gasteiger partial charge in [-0.15, -0.1) is 0 Å². The predicted octanol–water partition coefficient (Wildman–Crippen LogP) is 3.88. The highest BCUT2D eigenvalue weighted by Gasteiger charge is 2.56. The maximum Gasteiger partial charge on any atom is 0.194 e. The number of Topliss-reactive ketones (excluding diaryl/α,β-unsaturated/α-hetero) is 2. The van der Waals surface area contributed by atoms with Crippen molar-refractivity contribution in [1.82, 2.24) is 10.3 Å². The van der Waals surface area contributed by atoms with Crippen LogP contribution in [-0.4, -0.2) is 39.1 Å². The molecule has 0 spiro atoms. The lowest BCUT2D eigenvalue weighted by atomic mass is 9.70. The van der Waals surface area contributed by atoms with Crippen LogP contribution in [-0.2, 0) is 21.4 Å². The number of benzene rings is 2. The van der Waals surface area contributed by atoms with E-state index in [1.165, 1.54) is 19.9 Å². The van der Waals surface area contributed by atoms with Crippen molar-refractivity contribution in [2.24, 2.45) is 0 Å². The largest absolute Gasteiger partial charge is 0.507 e. The van der Waals surface area contributed by atoms with Gasteiger partial charge < -0.3 is 25.3 Å². The summed E-state index contributed by atoms with van der Waals surface area (Å²) in [6.45, 7) is 6.43. The minimum absolute atomic E-state index is 0.0191. The summed E-state index contributed by atoms with van der Waals surface area (Å²) in [6.07, 6.45) is 3.83. The highest BCUT2D eigenvalue weighted by Crippen LogP contribution is 2.57. The number of fused-ring (bicyclic) bond motifs is 4. The number of ketones is 3. The van der Waals surface area contributed by atoms with E-state index in [1.807, 2.05) is 30.5 Å². The van der Waals surface area contributed by atoms with E-state index in [0.29, 0.717) is 18.7 Å². The van der Waals surface area contributed by atoms with Gasteiger partial charge in [-0.1, -0.05) is 18.2 Å². The molecule has 0 amide bonds. The molecule has 1 atom stereocenters. The Kier molecular flexibility index (Phi) is 5.28. The molecule has 1 aromatic heterocycles. The Morgan fingerprint density at radius 2 is 1.86 bits per heavy atom. The standard InChI is InChI=1S/C28H26N2O6/c1-13-24(33)22(15(3)31)26-23(25(13)34)28(4)20(36-26)11-19(32)21(27(28)35)14(2)29-10-9-16-12-30-18-8-6-5-7-17(16)18/h5-8,11-12,29-30,33-34H,9-10H2,1-4H3/b21-14+/t28-/m1/s1. The number of para-hydroxylation sites is 1. The monoisotopic (exact) mass is 486 g/mol. The van der Waals surface area contributed by atoms with Gasteiger partial charge in [0.15, 0.2) is 17.3 Å². The zero-order valence-corrected chi connectivity index (χ0v) is 20.4. The van der Waals surface area contributed by atoms with Crippen molar-refractivity contribution >= 4 is 28.3 Å². The van der Waals surface area contributed by atoms with Gasteiger partial charge in [-0.3, -0.25) is 14.4 Å². The van der Waals surface area contributed by atoms with Crippen molar-refractivity contribution in [2.45, 2.75) is 39.5 Å². The van der Waals surface area contributed by atoms with Crippen LogP contribution in [0.5, 0.6) is 17.2 Å². The average Bonchev–Trinajstić information content (AvgIpc) is 3.37. The van der Waals surface area contributed by atoms with E-state index in [9.17, 15) is 24.6 Å². The highest BCUT2D eigenvalue weighted by molar-refractivity contribution is 6.31. The van der Waals surface area contributed by atoms with Crippen LogP contribution in [0.1, 0.15) is 47.8 Å². The van der Waals surface area contributed by atoms with Crippen molar-refractivity contribution in [2.75, 3.05) is 6.54 Å². The zero-order chi connectivity index (χ0) is 25.9. The van der Waals surface area contributed by atoms with Gasteiger partial charge in [0, 0.05) is 41.0 Å². The number of hydrogen-bond acceptors (Lipinski definition) is 7. The van der Waals surface area contributed by atoms with E-state index in [1.54, 1.807) is 13.8 Å². The number of phenols is 2. The molecular weight excluding hydrogens is 460 g/mol. The Bertz CT molecular complexity index is 1560. The van der Waals surface area contributed by atoms with Crippen molar-refractivity contribution in [3.63, 3.8) is 0 Å². The number of aromatic nitrogens is 1. The van der Waals surface area contributed by atoms with Gasteiger partial charge in [-0.25, -0.2) is 0 Å². The molecule has 0 saturated heterocycles. The summed E-state index contributed by atoms with van der Waals surface area (Å²) < 4.78 is 5.80. The molecule has 1 aliphatic heterocycles. The molecule has 1 aliphatic carbocycles. The number of carbonyl (C=O) groups is 3. The van der Waals surface area contributed by atoms with E-state index in [0.717, 1.165) is 16.5 Å². The number of aromatic hydroxyl groups is 2. The molecule has 2 aromatic carbocycles. The first-order valence-electron chi connectivity index (χ1n) is 11.7. The Morgan fingerprint density at radius 3 is 2.58 bits per heavy atom. The number of nitrogens with one attached hydrogen (secondary N) is 2. The number of ether oxygens (including phenoxy) is 1. The van der Waals surface area contributed by atoms with Gasteiger partial charge in [-0.2, -0.15) is 0 Å². The summed E-state index contributed by atoms with van der Waals surface area (Å²) in [5.41, 5.74) is 1.02. The second kappa shape index (κ2) is 8.12. The molecule has 8 nitrogen and oxygen atoms in total. The summed E-state index contributed by atoms with van der Waals surface area (Å²) >= 11 is 0. The molecule has 2 heterocycles. The van der Waals surface area contributed by atoms with Crippen LogP contribution in [0.25, 0.3) is 10.9 Å². The number of aromatic amines is 1. The van der Waals surface area contributed by atoms with Crippen LogP contribution in [0.3, 0.4) is 0 Å². The van der Waals surface area contributed by atoms with Crippen molar-refractivity contribution in [3.8, 4) is 17.2 Å². The molecule has 36 heavy (non-hydrogen) atoms. The van der Waals surface area contributed by atoms with Gasteiger partial charge in [0.05, 0.1) is 11.1 Å². The molecule has 184 valence electrons. The second-order valence-corrected chi connectivity index (χ2v) is 9.42. The summed E-state index contributed by atoms with van der Waals surface area (Å²) in [5, 5.41) is 25.7. The van der Waals surface area contributed by atoms with Crippen LogP contribution in [0.15, 0.2) is 53.6 Å². The number of phenolic OH excluding ortho intramolecular Hbond substituents is 2. The Labute approximate surface area is 207 Å². The highest BCUT2D eigenvalue weighted by atomic mass is 16.5. The molecule has 0 radical (unpaired) electrons. The molecule has 0 fully saturated rings. The zero-order valence-electron chi connectivity index (χ0n) is 20.4. The quantitative estimate of drug-likeness (QED) is 0.245.